The number of aromatic nitrogens is 1. The molecular weight excluding hydrogens is 409 g/mol. The van der Waals surface area contributed by atoms with Crippen LogP contribution in [0.15, 0.2) is 41.0 Å². The highest BCUT2D eigenvalue weighted by molar-refractivity contribution is 7.15. The summed E-state index contributed by atoms with van der Waals surface area (Å²) in [6.45, 7) is 0.926. The van der Waals surface area contributed by atoms with Gasteiger partial charge in [0.15, 0.2) is 10.9 Å². The van der Waals surface area contributed by atoms with Crippen molar-refractivity contribution in [3.05, 3.63) is 68.5 Å². The van der Waals surface area contributed by atoms with E-state index in [0.29, 0.717) is 40.3 Å². The third-order valence-electron chi connectivity index (χ3n) is 4.14. The molecule has 0 saturated heterocycles. The van der Waals surface area contributed by atoms with Crippen LogP contribution in [0.1, 0.15) is 31.5 Å². The van der Waals surface area contributed by atoms with Crippen molar-refractivity contribution in [1.29, 1.82) is 0 Å². The maximum Gasteiger partial charge on any atom is 0.293 e. The Morgan fingerprint density at radius 2 is 2.11 bits per heavy atom. The van der Waals surface area contributed by atoms with Gasteiger partial charge in [0.05, 0.1) is 29.1 Å². The number of hydrogen-bond donors (Lipinski definition) is 1. The zero-order chi connectivity index (χ0) is 19.0. The maximum atomic E-state index is 12.8. The van der Waals surface area contributed by atoms with E-state index in [1.807, 2.05) is 0 Å². The highest BCUT2D eigenvalue weighted by Crippen LogP contribution is 2.30. The van der Waals surface area contributed by atoms with Crippen molar-refractivity contribution in [2.75, 3.05) is 11.9 Å². The summed E-state index contributed by atoms with van der Waals surface area (Å²) in [6, 6.07) is 8.06. The van der Waals surface area contributed by atoms with E-state index in [4.69, 9.17) is 27.6 Å². The van der Waals surface area contributed by atoms with Crippen molar-refractivity contribution < 1.29 is 14.0 Å². The number of amides is 2. The summed E-state index contributed by atoms with van der Waals surface area (Å²) < 4.78 is 5.08. The zero-order valence-electron chi connectivity index (χ0n) is 13.9. The lowest BCUT2D eigenvalue weighted by atomic mass is 10.1. The fraction of sp³-hybridized carbons (Fsp3) is 0.167. The van der Waals surface area contributed by atoms with Crippen molar-refractivity contribution in [2.45, 2.75) is 13.0 Å². The van der Waals surface area contributed by atoms with Gasteiger partial charge in [0, 0.05) is 22.9 Å². The molecule has 1 aromatic carbocycles. The summed E-state index contributed by atoms with van der Waals surface area (Å²) in [7, 11) is 0. The van der Waals surface area contributed by atoms with E-state index in [9.17, 15) is 9.59 Å². The van der Waals surface area contributed by atoms with Crippen LogP contribution < -0.4 is 5.32 Å². The first kappa shape index (κ1) is 18.0. The van der Waals surface area contributed by atoms with Crippen LogP contribution in [0.4, 0.5) is 5.13 Å². The fourth-order valence-electron chi connectivity index (χ4n) is 2.82. The molecule has 0 saturated carbocycles. The summed E-state index contributed by atoms with van der Waals surface area (Å²) in [5.41, 5.74) is 1.26. The Bertz CT molecular complexity index is 1020. The molecule has 3 aromatic rings. The summed E-state index contributed by atoms with van der Waals surface area (Å²) in [4.78, 5) is 32.0. The van der Waals surface area contributed by atoms with E-state index in [0.717, 1.165) is 10.6 Å². The van der Waals surface area contributed by atoms with Gasteiger partial charge >= 0.3 is 0 Å². The molecule has 9 heteroatoms. The molecule has 0 fully saturated rings. The van der Waals surface area contributed by atoms with Gasteiger partial charge in [-0.25, -0.2) is 4.98 Å². The van der Waals surface area contributed by atoms with Gasteiger partial charge in [-0.1, -0.05) is 34.5 Å². The second kappa shape index (κ2) is 7.34. The molecule has 1 aliphatic rings. The molecule has 0 spiro atoms. The zero-order valence-corrected chi connectivity index (χ0v) is 16.2. The number of nitrogens with one attached hydrogen (secondary N) is 1. The van der Waals surface area contributed by atoms with Crippen molar-refractivity contribution in [3.63, 3.8) is 0 Å². The maximum absolute atomic E-state index is 12.8. The minimum Gasteiger partial charge on any atom is -0.459 e. The normalized spacial score (nSPS) is 13.3. The van der Waals surface area contributed by atoms with E-state index in [-0.39, 0.29) is 17.6 Å². The predicted molar refractivity (Wildman–Crippen MR) is 104 cm³/mol. The largest absolute Gasteiger partial charge is 0.459 e. The van der Waals surface area contributed by atoms with Crippen LogP contribution in [-0.2, 0) is 13.0 Å². The van der Waals surface area contributed by atoms with Crippen LogP contribution in [0.5, 0.6) is 0 Å². The summed E-state index contributed by atoms with van der Waals surface area (Å²) in [5, 5.41) is 4.04. The van der Waals surface area contributed by atoms with E-state index < -0.39 is 0 Å². The van der Waals surface area contributed by atoms with Crippen molar-refractivity contribution in [1.82, 2.24) is 9.88 Å². The lowest BCUT2D eigenvalue weighted by Gasteiger charge is -2.26. The average Bonchev–Trinajstić information content (AvgIpc) is 3.31. The lowest BCUT2D eigenvalue weighted by molar-refractivity contribution is 0.0736. The van der Waals surface area contributed by atoms with Crippen LogP contribution in [0.2, 0.25) is 10.0 Å². The molecule has 0 aliphatic carbocycles. The van der Waals surface area contributed by atoms with Gasteiger partial charge in [-0.05, 0) is 30.3 Å². The van der Waals surface area contributed by atoms with Gasteiger partial charge in [-0.15, -0.1) is 0 Å². The number of halogens is 2. The monoisotopic (exact) mass is 421 g/mol. The minimum absolute atomic E-state index is 0.178. The smallest absolute Gasteiger partial charge is 0.293 e. The first-order valence-electron chi connectivity index (χ1n) is 8.09. The summed E-state index contributed by atoms with van der Waals surface area (Å²) >= 11 is 13.5. The second-order valence-corrected chi connectivity index (χ2v) is 7.85. The molecule has 1 N–H and O–H groups in total. The SMILES string of the molecule is O=C(Nc1nc2c(s1)CN(C(=O)c1cc(Cl)ccc1Cl)CC2)c1ccco1. The topological polar surface area (TPSA) is 75.4 Å². The Morgan fingerprint density at radius 3 is 2.89 bits per heavy atom. The van der Waals surface area contributed by atoms with Crippen LogP contribution >= 0.6 is 34.5 Å². The quantitative estimate of drug-likeness (QED) is 0.675. The molecule has 3 heterocycles. The number of hydrogen-bond acceptors (Lipinski definition) is 5. The minimum atomic E-state index is -0.357. The third-order valence-corrected chi connectivity index (χ3v) is 5.71. The molecule has 1 aliphatic heterocycles. The first-order chi connectivity index (χ1) is 13.0. The van der Waals surface area contributed by atoms with E-state index >= 15 is 0 Å². The van der Waals surface area contributed by atoms with E-state index in [1.165, 1.54) is 17.6 Å². The molecule has 0 bridgehead atoms. The summed E-state index contributed by atoms with van der Waals surface area (Å²) in [5.74, 6) is -0.317. The van der Waals surface area contributed by atoms with Gasteiger partial charge in [0.1, 0.15) is 0 Å². The molecule has 6 nitrogen and oxygen atoms in total. The number of anilines is 1. The van der Waals surface area contributed by atoms with Crippen LogP contribution in [0.25, 0.3) is 0 Å². The van der Waals surface area contributed by atoms with Gasteiger partial charge < -0.3 is 9.32 Å². The number of thiazole rings is 1. The Morgan fingerprint density at radius 1 is 1.26 bits per heavy atom. The Hall–Kier alpha value is -2.35. The Labute approximate surface area is 168 Å². The molecule has 0 atom stereocenters. The van der Waals surface area contributed by atoms with Crippen LogP contribution in [-0.4, -0.2) is 28.2 Å². The predicted octanol–water partition coefficient (Wildman–Crippen LogP) is 4.49. The summed E-state index contributed by atoms with van der Waals surface area (Å²) in [6.07, 6.45) is 2.04. The number of rotatable bonds is 3. The molecule has 2 aromatic heterocycles. The molecule has 2 amide bonds. The van der Waals surface area contributed by atoms with Crippen LogP contribution in [0, 0.1) is 0 Å². The van der Waals surface area contributed by atoms with Crippen molar-refractivity contribution in [3.8, 4) is 0 Å². The standard InChI is InChI=1S/C18H13Cl2N3O3S/c19-10-3-4-12(20)11(8-10)17(25)23-6-5-13-15(9-23)27-18(21-13)22-16(24)14-2-1-7-26-14/h1-4,7-8H,5-6,9H2,(H,21,22,24). The number of nitrogens with zero attached hydrogens (tertiary/aromatic N) is 2. The number of carbonyl (C=O) groups is 2. The number of carbonyl (C=O) groups excluding carboxylic acids is 2. The lowest BCUT2D eigenvalue weighted by Crippen LogP contribution is -2.35. The van der Waals surface area contributed by atoms with Crippen LogP contribution in [0.3, 0.4) is 0 Å². The average molecular weight is 422 g/mol. The molecular formula is C18H13Cl2N3O3S. The number of fused-ring (bicyclic) bond motifs is 1. The molecule has 4 rings (SSSR count). The van der Waals surface area contributed by atoms with Crippen molar-refractivity contribution in [2.24, 2.45) is 0 Å². The number of furan rings is 1. The van der Waals surface area contributed by atoms with E-state index in [1.54, 1.807) is 35.2 Å². The molecule has 138 valence electrons. The fourth-order valence-corrected chi connectivity index (χ4v) is 4.21. The third kappa shape index (κ3) is 3.71. The highest BCUT2D eigenvalue weighted by atomic mass is 35.5. The van der Waals surface area contributed by atoms with Gasteiger partial charge in [0.2, 0.25) is 0 Å². The Balaban J connectivity index is 1.50. The Kier molecular flexibility index (Phi) is 4.90. The highest BCUT2D eigenvalue weighted by Gasteiger charge is 2.26. The van der Waals surface area contributed by atoms with Gasteiger partial charge in [0.25, 0.3) is 11.8 Å². The second-order valence-electron chi connectivity index (χ2n) is 5.92. The number of benzene rings is 1. The first-order valence-corrected chi connectivity index (χ1v) is 9.66. The van der Waals surface area contributed by atoms with Crippen molar-refractivity contribution >= 4 is 51.5 Å². The van der Waals surface area contributed by atoms with Gasteiger partial charge in [-0.2, -0.15) is 0 Å². The van der Waals surface area contributed by atoms with E-state index in [2.05, 4.69) is 10.3 Å². The molecule has 27 heavy (non-hydrogen) atoms. The molecule has 0 unspecified atom stereocenters. The van der Waals surface area contributed by atoms with Gasteiger partial charge in [-0.3, -0.25) is 14.9 Å². The molecule has 0 radical (unpaired) electrons.